The quantitative estimate of drug-likeness (QED) is 0.733. The van der Waals surface area contributed by atoms with E-state index in [9.17, 15) is 0 Å². The molecule has 0 unspecified atom stereocenters. The number of hydrogen-bond donors (Lipinski definition) is 2. The summed E-state index contributed by atoms with van der Waals surface area (Å²) in [4.78, 5) is 2.32. The van der Waals surface area contributed by atoms with Crippen molar-refractivity contribution in [1.29, 1.82) is 0 Å². The van der Waals surface area contributed by atoms with Crippen molar-refractivity contribution in [3.05, 3.63) is 5.69 Å². The number of nitrogens with zero attached hydrogens (tertiary/aromatic N) is 4. The van der Waals surface area contributed by atoms with E-state index in [0.717, 1.165) is 43.4 Å². The van der Waals surface area contributed by atoms with Crippen LogP contribution in [0.15, 0.2) is 0 Å². The zero-order valence-corrected chi connectivity index (χ0v) is 10.2. The number of hydrogen-bond acceptors (Lipinski definition) is 5. The van der Waals surface area contributed by atoms with Gasteiger partial charge in [0.05, 0.1) is 11.4 Å². The summed E-state index contributed by atoms with van der Waals surface area (Å²) in [5, 5.41) is 6.47. The summed E-state index contributed by atoms with van der Waals surface area (Å²) in [6.07, 6.45) is 0. The molecule has 1 fully saturated rings. The number of aryl methyl sites for hydroxylation is 2. The van der Waals surface area contributed by atoms with Gasteiger partial charge in [0.15, 0.2) is 5.82 Å². The summed E-state index contributed by atoms with van der Waals surface area (Å²) in [7, 11) is 4.04. The molecule has 2 heterocycles. The van der Waals surface area contributed by atoms with Crippen molar-refractivity contribution in [1.82, 2.24) is 19.7 Å². The van der Waals surface area contributed by atoms with Gasteiger partial charge in [-0.25, -0.2) is 9.69 Å². The van der Waals surface area contributed by atoms with Crippen molar-refractivity contribution in [2.24, 2.45) is 7.05 Å². The third-order valence-corrected chi connectivity index (χ3v) is 3.04. The van der Waals surface area contributed by atoms with E-state index in [2.05, 4.69) is 27.5 Å². The summed E-state index contributed by atoms with van der Waals surface area (Å²) >= 11 is 0. The highest BCUT2D eigenvalue weighted by Crippen LogP contribution is 2.21. The van der Waals surface area contributed by atoms with E-state index in [-0.39, 0.29) is 0 Å². The molecule has 1 aromatic rings. The third-order valence-electron chi connectivity index (χ3n) is 3.04. The maximum absolute atomic E-state index is 5.96. The Balaban J connectivity index is 2.03. The van der Waals surface area contributed by atoms with Crippen LogP contribution in [0, 0.1) is 6.92 Å². The average molecular weight is 224 g/mol. The van der Waals surface area contributed by atoms with E-state index >= 15 is 0 Å². The van der Waals surface area contributed by atoms with Crippen molar-refractivity contribution >= 4 is 11.5 Å². The molecule has 1 aromatic heterocycles. The van der Waals surface area contributed by atoms with Crippen LogP contribution >= 0.6 is 0 Å². The zero-order valence-electron chi connectivity index (χ0n) is 10.2. The van der Waals surface area contributed by atoms with Crippen molar-refractivity contribution in [2.45, 2.75) is 6.92 Å². The number of aromatic nitrogens is 2. The first-order valence-corrected chi connectivity index (χ1v) is 5.57. The minimum Gasteiger partial charge on any atom is -0.394 e. The Hall–Kier alpha value is -1.27. The predicted octanol–water partition coefficient (Wildman–Crippen LogP) is -0.115. The highest BCUT2D eigenvalue weighted by Gasteiger charge is 2.17. The van der Waals surface area contributed by atoms with E-state index in [4.69, 9.17) is 5.73 Å². The lowest BCUT2D eigenvalue weighted by Gasteiger charge is -2.33. The number of hydrazine groups is 1. The molecule has 0 radical (unpaired) electrons. The van der Waals surface area contributed by atoms with Gasteiger partial charge in [-0.3, -0.25) is 0 Å². The maximum Gasteiger partial charge on any atom is 0.162 e. The Morgan fingerprint density at radius 3 is 2.31 bits per heavy atom. The minimum atomic E-state index is 0.737. The highest BCUT2D eigenvalue weighted by molar-refractivity contribution is 5.64. The average Bonchev–Trinajstić information content (AvgIpc) is 2.48. The van der Waals surface area contributed by atoms with Gasteiger partial charge in [0.2, 0.25) is 0 Å². The summed E-state index contributed by atoms with van der Waals surface area (Å²) in [5.74, 6) is 0.891. The van der Waals surface area contributed by atoms with Crippen LogP contribution in [-0.4, -0.2) is 52.9 Å². The van der Waals surface area contributed by atoms with Gasteiger partial charge < -0.3 is 16.1 Å². The van der Waals surface area contributed by atoms with Gasteiger partial charge in [-0.2, -0.15) is 5.10 Å². The van der Waals surface area contributed by atoms with Crippen molar-refractivity contribution < 1.29 is 0 Å². The Kier molecular flexibility index (Phi) is 3.02. The summed E-state index contributed by atoms with van der Waals surface area (Å²) in [6, 6.07) is 0. The second-order valence-corrected chi connectivity index (χ2v) is 4.37. The SMILES string of the molecule is Cc1nn(C)c(NN2CCN(C)CC2)c1N. The first kappa shape index (κ1) is 11.2. The topological polar surface area (TPSA) is 62.4 Å². The molecule has 6 nitrogen and oxygen atoms in total. The number of likely N-dealkylation sites (N-methyl/N-ethyl adjacent to an activating group) is 1. The molecule has 90 valence electrons. The number of anilines is 2. The number of nitrogens with two attached hydrogens (primary N) is 1. The molecule has 0 saturated carbocycles. The summed E-state index contributed by atoms with van der Waals surface area (Å²) in [5.41, 5.74) is 10.9. The van der Waals surface area contributed by atoms with Crippen LogP contribution in [-0.2, 0) is 7.05 Å². The molecule has 1 aliphatic heterocycles. The van der Waals surface area contributed by atoms with E-state index in [1.165, 1.54) is 0 Å². The normalized spacial score (nSPS) is 18.9. The van der Waals surface area contributed by atoms with Crippen molar-refractivity contribution in [3.8, 4) is 0 Å². The fraction of sp³-hybridized carbons (Fsp3) is 0.700. The Morgan fingerprint density at radius 1 is 1.19 bits per heavy atom. The molecule has 16 heavy (non-hydrogen) atoms. The smallest absolute Gasteiger partial charge is 0.162 e. The van der Waals surface area contributed by atoms with E-state index in [0.29, 0.717) is 0 Å². The first-order valence-electron chi connectivity index (χ1n) is 5.57. The van der Waals surface area contributed by atoms with Gasteiger partial charge in [0.25, 0.3) is 0 Å². The van der Waals surface area contributed by atoms with Crippen LogP contribution in [0.3, 0.4) is 0 Å². The second kappa shape index (κ2) is 4.31. The molecule has 3 N–H and O–H groups in total. The molecule has 6 heteroatoms. The fourth-order valence-electron chi connectivity index (χ4n) is 1.88. The standard InChI is InChI=1S/C10H20N6/c1-8-9(11)10(15(3)12-8)13-16-6-4-14(2)5-7-16/h13H,4-7,11H2,1-3H3. The molecule has 1 saturated heterocycles. The molecule has 0 bridgehead atoms. The Labute approximate surface area is 96.0 Å². The molecule has 1 aliphatic rings. The predicted molar refractivity (Wildman–Crippen MR) is 65.1 cm³/mol. The second-order valence-electron chi connectivity index (χ2n) is 4.37. The van der Waals surface area contributed by atoms with Crippen molar-refractivity contribution in [3.63, 3.8) is 0 Å². The van der Waals surface area contributed by atoms with Gasteiger partial charge >= 0.3 is 0 Å². The van der Waals surface area contributed by atoms with E-state index < -0.39 is 0 Å². The van der Waals surface area contributed by atoms with Crippen molar-refractivity contribution in [2.75, 3.05) is 44.4 Å². The number of rotatable bonds is 2. The molecule has 0 aromatic carbocycles. The number of piperazine rings is 1. The van der Waals surface area contributed by atoms with Crippen LogP contribution < -0.4 is 11.2 Å². The molecule has 0 spiro atoms. The highest BCUT2D eigenvalue weighted by atomic mass is 15.6. The lowest BCUT2D eigenvalue weighted by Crippen LogP contribution is -2.47. The molecule has 2 rings (SSSR count). The largest absolute Gasteiger partial charge is 0.394 e. The monoisotopic (exact) mass is 224 g/mol. The van der Waals surface area contributed by atoms with Gasteiger partial charge in [-0.15, -0.1) is 0 Å². The van der Waals surface area contributed by atoms with Crippen LogP contribution in [0.25, 0.3) is 0 Å². The lowest BCUT2D eigenvalue weighted by atomic mass is 10.4. The van der Waals surface area contributed by atoms with Gasteiger partial charge in [0.1, 0.15) is 0 Å². The fourth-order valence-corrected chi connectivity index (χ4v) is 1.88. The zero-order chi connectivity index (χ0) is 11.7. The maximum atomic E-state index is 5.96. The minimum absolute atomic E-state index is 0.737. The molecule has 0 amide bonds. The molecule has 0 atom stereocenters. The molecular formula is C10H20N6. The Bertz CT molecular complexity index is 364. The van der Waals surface area contributed by atoms with Crippen LogP contribution in [0.1, 0.15) is 5.69 Å². The van der Waals surface area contributed by atoms with Gasteiger partial charge in [0, 0.05) is 33.2 Å². The lowest BCUT2D eigenvalue weighted by molar-refractivity contribution is 0.178. The van der Waals surface area contributed by atoms with E-state index in [1.807, 2.05) is 14.0 Å². The van der Waals surface area contributed by atoms with Crippen LogP contribution in [0.2, 0.25) is 0 Å². The molecule has 0 aliphatic carbocycles. The number of nitrogen functional groups attached to an aromatic ring is 1. The van der Waals surface area contributed by atoms with Gasteiger partial charge in [-0.1, -0.05) is 0 Å². The third kappa shape index (κ3) is 2.12. The van der Waals surface area contributed by atoms with Gasteiger partial charge in [-0.05, 0) is 14.0 Å². The van der Waals surface area contributed by atoms with Crippen LogP contribution in [0.5, 0.6) is 0 Å². The Morgan fingerprint density at radius 2 is 1.81 bits per heavy atom. The first-order chi connectivity index (χ1) is 7.58. The molecular weight excluding hydrogens is 204 g/mol. The summed E-state index contributed by atoms with van der Waals surface area (Å²) < 4.78 is 1.79. The van der Waals surface area contributed by atoms with Crippen LogP contribution in [0.4, 0.5) is 11.5 Å². The van der Waals surface area contributed by atoms with E-state index in [1.54, 1.807) is 4.68 Å². The number of nitrogens with one attached hydrogen (secondary N) is 1. The summed E-state index contributed by atoms with van der Waals surface area (Å²) in [6.45, 7) is 6.07.